The Bertz CT molecular complexity index is 5730. The number of ether oxygens (including phenoxy) is 4. The molecule has 0 atom stereocenters. The Labute approximate surface area is 622 Å². The van der Waals surface area contributed by atoms with Crippen molar-refractivity contribution in [2.24, 2.45) is 0 Å². The van der Waals surface area contributed by atoms with Crippen molar-refractivity contribution in [2.75, 3.05) is 0 Å². The van der Waals surface area contributed by atoms with Gasteiger partial charge in [-0.15, -0.1) is 0 Å². The van der Waals surface area contributed by atoms with E-state index >= 15 is 0 Å². The highest BCUT2D eigenvalue weighted by molar-refractivity contribution is 6.54. The summed E-state index contributed by atoms with van der Waals surface area (Å²) >= 11 is 116. The molecule has 0 amide bonds. The third kappa shape index (κ3) is 11.2. The fourth-order valence-corrected chi connectivity index (χ4v) is 15.1. The number of hydrogen-bond acceptors (Lipinski definition) is 10. The van der Waals surface area contributed by atoms with Crippen LogP contribution in [-0.2, 0) is 0 Å². The minimum Gasteiger partial charge on any atom is -0.453 e. The minimum absolute atomic E-state index is 0.0539. The quantitative estimate of drug-likeness (QED) is 0.127. The van der Waals surface area contributed by atoms with E-state index in [2.05, 4.69) is 9.97 Å². The van der Waals surface area contributed by atoms with E-state index in [-0.39, 0.29) is 205 Å². The van der Waals surface area contributed by atoms with E-state index in [1.807, 2.05) is 84.9 Å². The molecule has 13 aromatic rings. The largest absolute Gasteiger partial charge is 0.453 e. The third-order valence-corrected chi connectivity index (χ3v) is 21.2. The van der Waals surface area contributed by atoms with Crippen molar-refractivity contribution < 1.29 is 18.9 Å². The summed E-state index contributed by atoms with van der Waals surface area (Å²) in [6.45, 7) is 0. The summed E-state index contributed by atoms with van der Waals surface area (Å²) in [7, 11) is 0. The van der Waals surface area contributed by atoms with Crippen LogP contribution in [0.25, 0.3) is 112 Å². The molecule has 474 valence electrons. The summed E-state index contributed by atoms with van der Waals surface area (Å²) in [5.74, 6) is -0.267. The van der Waals surface area contributed by atoms with E-state index < -0.39 is 0 Å². The average molecular weight is 1590 g/mol. The number of aromatic nitrogens is 8. The molecule has 0 saturated heterocycles. The van der Waals surface area contributed by atoms with Crippen molar-refractivity contribution in [3.63, 3.8) is 0 Å². The van der Waals surface area contributed by atoms with Crippen LogP contribution in [0.4, 0.5) is 0 Å². The maximum atomic E-state index is 7.67. The summed E-state index contributed by atoms with van der Waals surface area (Å²) < 4.78 is 26.2. The maximum Gasteiger partial charge on any atom is 0.166 e. The molecule has 12 nitrogen and oxygen atoms in total. The van der Waals surface area contributed by atoms with Crippen LogP contribution in [0.2, 0.25) is 80.4 Å². The predicted octanol–water partition coefficient (Wildman–Crippen LogP) is 27.8. The number of halogens is 16. The molecule has 5 heterocycles. The molecular formula is C68H26Cl16N8O4. The van der Waals surface area contributed by atoms with Gasteiger partial charge in [0.1, 0.15) is 65.7 Å². The number of para-hydroxylation sites is 2. The molecule has 2 N–H and O–H groups in total. The first-order chi connectivity index (χ1) is 46.2. The number of hydrogen-bond donors (Lipinski definition) is 2. The lowest BCUT2D eigenvalue weighted by molar-refractivity contribution is 0.484. The number of H-pyrrole nitrogens is 2. The van der Waals surface area contributed by atoms with E-state index in [4.69, 9.17) is 234 Å². The van der Waals surface area contributed by atoms with Gasteiger partial charge in [-0.1, -0.05) is 283 Å². The van der Waals surface area contributed by atoms with Crippen LogP contribution in [0.5, 0.6) is 46.0 Å². The molecule has 96 heavy (non-hydrogen) atoms. The molecule has 3 aromatic heterocycles. The molecule has 2 aliphatic rings. The molecule has 15 rings (SSSR count). The Morgan fingerprint density at radius 2 is 0.542 bits per heavy atom. The monoisotopic (exact) mass is 1580 g/mol. The molecule has 0 radical (unpaired) electrons. The van der Waals surface area contributed by atoms with Gasteiger partial charge in [0.05, 0.1) is 94.0 Å². The molecule has 28 heteroatoms. The van der Waals surface area contributed by atoms with Crippen LogP contribution in [0.3, 0.4) is 0 Å². The van der Waals surface area contributed by atoms with Crippen molar-refractivity contribution >= 4 is 230 Å². The zero-order valence-electron chi connectivity index (χ0n) is 47.2. The lowest BCUT2D eigenvalue weighted by atomic mass is 10.0. The van der Waals surface area contributed by atoms with Gasteiger partial charge >= 0.3 is 0 Å². The second-order valence-corrected chi connectivity index (χ2v) is 27.2. The van der Waals surface area contributed by atoms with Crippen LogP contribution in [-0.4, -0.2) is 39.9 Å². The maximum absolute atomic E-state index is 7.67. The zero-order valence-corrected chi connectivity index (χ0v) is 59.3. The average Bonchev–Trinajstić information content (AvgIpc) is 1.55. The van der Waals surface area contributed by atoms with Gasteiger partial charge in [-0.2, -0.15) is 0 Å². The van der Waals surface area contributed by atoms with Crippen LogP contribution in [0, 0.1) is 0 Å². The predicted molar refractivity (Wildman–Crippen MR) is 393 cm³/mol. The number of aromatic amines is 2. The second kappa shape index (κ2) is 25.9. The lowest BCUT2D eigenvalue weighted by Crippen LogP contribution is -1.94. The van der Waals surface area contributed by atoms with Gasteiger partial charge in [0.15, 0.2) is 46.3 Å². The molecule has 0 spiro atoms. The minimum atomic E-state index is -0.191. The Morgan fingerprint density at radius 3 is 0.906 bits per heavy atom. The summed E-state index contributed by atoms with van der Waals surface area (Å²) in [5, 5.41) is -0.681. The highest BCUT2D eigenvalue weighted by Crippen LogP contribution is 2.59. The first kappa shape index (κ1) is 65.3. The Morgan fingerprint density at radius 1 is 0.250 bits per heavy atom. The molecule has 0 saturated carbocycles. The van der Waals surface area contributed by atoms with Gasteiger partial charge in [0.25, 0.3) is 0 Å². The summed E-state index contributed by atoms with van der Waals surface area (Å²) in [4.78, 5) is 37.4. The van der Waals surface area contributed by atoms with Gasteiger partial charge < -0.3 is 28.9 Å². The Balaban J connectivity index is 1.08. The van der Waals surface area contributed by atoms with Gasteiger partial charge in [0, 0.05) is 33.3 Å². The third-order valence-electron chi connectivity index (χ3n) is 15.3. The molecule has 0 aliphatic carbocycles. The number of fused-ring (bicyclic) bond motifs is 20. The molecule has 0 unspecified atom stereocenters. The van der Waals surface area contributed by atoms with Gasteiger partial charge in [-0.05, 0) is 47.5 Å². The molecule has 8 bridgehead atoms. The van der Waals surface area contributed by atoms with E-state index in [1.165, 1.54) is 24.3 Å². The smallest absolute Gasteiger partial charge is 0.166 e. The van der Waals surface area contributed by atoms with E-state index in [0.717, 1.165) is 11.1 Å². The number of benzene rings is 10. The van der Waals surface area contributed by atoms with E-state index in [0.29, 0.717) is 22.6 Å². The number of nitrogens with one attached hydrogen (secondary N) is 2. The fourth-order valence-electron chi connectivity index (χ4n) is 11.0. The SMILES string of the molecule is Clc1ccc(Cl)c(Oc2c(Cl)c(Cl)c3c4nc5nc(nc6[nH]c(nc7nc(nc([nH]4)c3c2Cl)-c2c(Cl)c(Cl)c(Oc3ccccc3-c3ccccc3)c(Cl)c2-7)c2c(Cl)c(Oc3cc(Cl)ccc3Cl)c(Cl)c(Cl)c62)-c2c(Cl)c(Cl)c(Oc3ccccc3-c3ccccc3)c(Cl)c2-5)c1. The van der Waals surface area contributed by atoms with Crippen molar-refractivity contribution in [1.82, 2.24) is 39.9 Å². The molecule has 2 aliphatic heterocycles. The first-order valence-corrected chi connectivity index (χ1v) is 33.8. The van der Waals surface area contributed by atoms with Gasteiger partial charge in [-0.25, -0.2) is 29.9 Å². The molecule has 0 fully saturated rings. The van der Waals surface area contributed by atoms with Crippen molar-refractivity contribution in [3.05, 3.63) is 226 Å². The van der Waals surface area contributed by atoms with Crippen molar-refractivity contribution in [3.8, 4) is 114 Å². The lowest BCUT2D eigenvalue weighted by Gasteiger charge is -2.17. The standard InChI is InChI=1S/C68H26Cl16N8O4/c69-27-19-21-31(71)35(23-27)95-59-51(79)43-40(48(76)56(59)84)64-88-65-41-37(45(73)53(81)57(49(41)77)93-33-17-9-7-15-29(33)25-11-3-1-4-12-25)61(86-65)85-62-39-44(52(80)60(55(83)47(39)75)96-36-24-28(70)20-22-32(36)72)68(87-62)92-67-42-38(63(91-67)89-66(43)90-64)46(74)54(82)58(50(42)78)94-34-18-10-8-16-30(34)26-13-5-2-6-14-26/h1-24H,(H2,85,86,87,88,89,90,91,92). The summed E-state index contributed by atoms with van der Waals surface area (Å²) in [6, 6.07) is 42.7. The normalized spacial score (nSPS) is 11.8. The zero-order chi connectivity index (χ0) is 66.9. The highest BCUT2D eigenvalue weighted by atomic mass is 35.5. The summed E-state index contributed by atoms with van der Waals surface area (Å²) in [5.41, 5.74) is 2.97. The second-order valence-electron chi connectivity index (χ2n) is 21.0. The number of rotatable bonds is 10. The van der Waals surface area contributed by atoms with Crippen LogP contribution in [0.15, 0.2) is 146 Å². The first-order valence-electron chi connectivity index (χ1n) is 27.8. The van der Waals surface area contributed by atoms with Crippen LogP contribution < -0.4 is 18.9 Å². The topological polar surface area (TPSA) is 146 Å². The fraction of sp³-hybridized carbons (Fsp3) is 0. The molecule has 10 aromatic carbocycles. The number of nitrogens with zero attached hydrogens (tertiary/aromatic N) is 6. The molecular weight excluding hydrogens is 1560 g/mol. The van der Waals surface area contributed by atoms with Crippen molar-refractivity contribution in [1.29, 1.82) is 0 Å². The summed E-state index contributed by atoms with van der Waals surface area (Å²) in [6.07, 6.45) is 0. The Kier molecular flexibility index (Phi) is 17.6. The Hall–Kier alpha value is -6.60. The van der Waals surface area contributed by atoms with Crippen LogP contribution in [0.1, 0.15) is 0 Å². The van der Waals surface area contributed by atoms with Gasteiger partial charge in [0.2, 0.25) is 0 Å². The van der Waals surface area contributed by atoms with Crippen LogP contribution >= 0.6 is 186 Å². The van der Waals surface area contributed by atoms with E-state index in [1.54, 1.807) is 36.4 Å². The van der Waals surface area contributed by atoms with E-state index in [9.17, 15) is 0 Å². The highest BCUT2D eigenvalue weighted by Gasteiger charge is 2.36. The van der Waals surface area contributed by atoms with Crippen molar-refractivity contribution in [2.45, 2.75) is 0 Å². The van der Waals surface area contributed by atoms with Gasteiger partial charge in [-0.3, -0.25) is 0 Å².